The minimum Gasteiger partial charge on any atom is -0.453 e. The van der Waals surface area contributed by atoms with Crippen molar-refractivity contribution in [3.05, 3.63) is 71.8 Å². The maximum atomic E-state index is 14.9. The van der Waals surface area contributed by atoms with Crippen molar-refractivity contribution in [2.75, 3.05) is 26.2 Å². The summed E-state index contributed by atoms with van der Waals surface area (Å²) in [5.74, 6) is 0.562. The lowest BCUT2D eigenvalue weighted by Gasteiger charge is -2.39. The number of ketones is 1. The first-order chi connectivity index (χ1) is 20.4. The first kappa shape index (κ1) is 28.4. The largest absolute Gasteiger partial charge is 0.453 e. The third kappa shape index (κ3) is 6.51. The molecule has 1 saturated heterocycles. The fourth-order valence-electron chi connectivity index (χ4n) is 5.48. The molecule has 218 valence electrons. The summed E-state index contributed by atoms with van der Waals surface area (Å²) in [7, 11) is 0. The number of nitrogens with zero attached hydrogens (tertiary/aromatic N) is 4. The summed E-state index contributed by atoms with van der Waals surface area (Å²) in [4.78, 5) is 38.2. The maximum Gasteiger partial charge on any atom is 0.248 e. The van der Waals surface area contributed by atoms with E-state index >= 15 is 0 Å². The summed E-state index contributed by atoms with van der Waals surface area (Å²) in [5.41, 5.74) is 3.28. The minimum absolute atomic E-state index is 0.0423. The van der Waals surface area contributed by atoms with Gasteiger partial charge in [-0.1, -0.05) is 12.1 Å². The van der Waals surface area contributed by atoms with Crippen LogP contribution in [0, 0.1) is 11.7 Å². The number of aliphatic hydroxyl groups is 1. The van der Waals surface area contributed by atoms with Crippen molar-refractivity contribution in [3.63, 3.8) is 0 Å². The van der Waals surface area contributed by atoms with Crippen LogP contribution in [-0.2, 0) is 22.6 Å². The second kappa shape index (κ2) is 12.2. The average Bonchev–Trinajstić information content (AvgIpc) is 3.68. The molecule has 1 aliphatic carbocycles. The fraction of sp³-hybridized carbons (Fsp3) is 0.375. The summed E-state index contributed by atoms with van der Waals surface area (Å²) in [6, 6.07) is 12.5. The quantitative estimate of drug-likeness (QED) is 0.271. The van der Waals surface area contributed by atoms with E-state index in [1.807, 2.05) is 25.3 Å². The van der Waals surface area contributed by atoms with Crippen LogP contribution in [-0.4, -0.2) is 68.8 Å². The number of hydrogen-bond donors (Lipinski definition) is 1. The minimum atomic E-state index is -0.499. The van der Waals surface area contributed by atoms with Gasteiger partial charge < -0.3 is 14.7 Å². The number of piperazine rings is 1. The van der Waals surface area contributed by atoms with Gasteiger partial charge in [0.1, 0.15) is 18.1 Å². The van der Waals surface area contributed by atoms with E-state index in [1.165, 1.54) is 17.4 Å². The normalized spacial score (nSPS) is 17.5. The average molecular weight is 589 g/mol. The van der Waals surface area contributed by atoms with Crippen LogP contribution in [0.4, 0.5) is 4.39 Å². The molecule has 42 heavy (non-hydrogen) atoms. The number of thiophene rings is 1. The molecular weight excluding hydrogens is 555 g/mol. The standard InChI is InChI=1S/C32H33FN4O4S/c1-20-17-36(10-11-37(20)31(40)19-38)18-23-4-6-26(35-16-23)30-15-27-32(42-30)29(8-9-34-27)41-28-7-5-22(14-25(28)33)13-24(39)12-21-2-3-21/h4-9,14-16,20-21,38H,2-3,10-13,17-19H2,1H3/t20-/m0/s1. The lowest BCUT2D eigenvalue weighted by molar-refractivity contribution is -0.138. The van der Waals surface area contributed by atoms with Gasteiger partial charge >= 0.3 is 0 Å². The Kier molecular flexibility index (Phi) is 8.28. The number of carbonyl (C=O) groups is 2. The van der Waals surface area contributed by atoms with Crippen molar-refractivity contribution in [2.45, 2.75) is 45.2 Å². The number of Topliss-reactive ketones (excluding diaryl/α,β-unsaturated/α-hetero) is 1. The molecule has 10 heteroatoms. The highest BCUT2D eigenvalue weighted by Gasteiger charge is 2.27. The SMILES string of the molecule is C[C@H]1CN(Cc2ccc(-c3cc4nccc(Oc5ccc(CC(=O)CC6CC6)cc5F)c4s3)nc2)CCN1C(=O)CO. The number of amides is 1. The Labute approximate surface area is 247 Å². The van der Waals surface area contributed by atoms with Crippen LogP contribution in [0.25, 0.3) is 20.8 Å². The van der Waals surface area contributed by atoms with Crippen molar-refractivity contribution >= 4 is 33.2 Å². The van der Waals surface area contributed by atoms with E-state index in [9.17, 15) is 19.1 Å². The Balaban J connectivity index is 1.12. The predicted molar refractivity (Wildman–Crippen MR) is 159 cm³/mol. The number of aromatic nitrogens is 2. The number of ether oxygens (including phenoxy) is 1. The van der Waals surface area contributed by atoms with Gasteiger partial charge in [-0.15, -0.1) is 11.3 Å². The third-order valence-electron chi connectivity index (χ3n) is 7.86. The number of halogens is 1. The first-order valence-corrected chi connectivity index (χ1v) is 15.1. The number of pyridine rings is 2. The second-order valence-electron chi connectivity index (χ2n) is 11.2. The highest BCUT2D eigenvalue weighted by molar-refractivity contribution is 7.22. The van der Waals surface area contributed by atoms with Gasteiger partial charge in [0, 0.05) is 63.5 Å². The summed E-state index contributed by atoms with van der Waals surface area (Å²) in [6.45, 7) is 4.34. The van der Waals surface area contributed by atoms with Gasteiger partial charge in [0.2, 0.25) is 5.91 Å². The van der Waals surface area contributed by atoms with Crippen LogP contribution in [0.15, 0.2) is 54.9 Å². The molecule has 6 rings (SSSR count). The molecular formula is C32H33FN4O4S. The first-order valence-electron chi connectivity index (χ1n) is 14.3. The molecule has 1 aliphatic heterocycles. The summed E-state index contributed by atoms with van der Waals surface area (Å²) >= 11 is 1.49. The predicted octanol–water partition coefficient (Wildman–Crippen LogP) is 5.23. The number of fused-ring (bicyclic) bond motifs is 1. The third-order valence-corrected chi connectivity index (χ3v) is 9.02. The Morgan fingerprint density at radius 2 is 1.90 bits per heavy atom. The zero-order chi connectivity index (χ0) is 29.2. The molecule has 1 saturated carbocycles. The van der Waals surface area contributed by atoms with Gasteiger partial charge in [0.25, 0.3) is 0 Å². The van der Waals surface area contributed by atoms with E-state index in [-0.39, 0.29) is 29.9 Å². The van der Waals surface area contributed by atoms with E-state index in [0.717, 1.165) is 58.8 Å². The van der Waals surface area contributed by atoms with Crippen molar-refractivity contribution in [1.29, 1.82) is 0 Å². The molecule has 0 spiro atoms. The van der Waals surface area contributed by atoms with Crippen molar-refractivity contribution in [2.24, 2.45) is 5.92 Å². The lowest BCUT2D eigenvalue weighted by atomic mass is 10.0. The molecule has 1 N–H and O–H groups in total. The van der Waals surface area contributed by atoms with Gasteiger partial charge in [-0.05, 0) is 61.1 Å². The molecule has 0 radical (unpaired) electrons. The number of rotatable bonds is 10. The number of benzene rings is 1. The van der Waals surface area contributed by atoms with Gasteiger partial charge in [-0.3, -0.25) is 24.5 Å². The van der Waals surface area contributed by atoms with Crippen LogP contribution < -0.4 is 4.74 Å². The summed E-state index contributed by atoms with van der Waals surface area (Å²) < 4.78 is 21.7. The molecule has 2 aliphatic rings. The van der Waals surface area contributed by atoms with Crippen LogP contribution in [0.5, 0.6) is 11.5 Å². The monoisotopic (exact) mass is 588 g/mol. The van der Waals surface area contributed by atoms with Crippen LogP contribution >= 0.6 is 11.3 Å². The smallest absolute Gasteiger partial charge is 0.248 e. The highest BCUT2D eigenvalue weighted by Crippen LogP contribution is 2.39. The molecule has 1 atom stereocenters. The zero-order valence-electron chi connectivity index (χ0n) is 23.5. The van der Waals surface area contributed by atoms with Gasteiger partial charge in [0.05, 0.1) is 20.8 Å². The molecule has 4 heterocycles. The molecule has 0 unspecified atom stereocenters. The molecule has 2 fully saturated rings. The van der Waals surface area contributed by atoms with Crippen LogP contribution in [0.3, 0.4) is 0 Å². The van der Waals surface area contributed by atoms with Gasteiger partial charge in [-0.2, -0.15) is 0 Å². The topological polar surface area (TPSA) is 95.9 Å². The van der Waals surface area contributed by atoms with Crippen molar-refractivity contribution in [1.82, 2.24) is 19.8 Å². The Morgan fingerprint density at radius 1 is 1.07 bits per heavy atom. The van der Waals surface area contributed by atoms with E-state index in [0.29, 0.717) is 30.2 Å². The Bertz CT molecular complexity index is 1600. The van der Waals surface area contributed by atoms with Crippen LogP contribution in [0.2, 0.25) is 0 Å². The molecule has 4 aromatic rings. The van der Waals surface area contributed by atoms with Crippen LogP contribution in [0.1, 0.15) is 37.3 Å². The van der Waals surface area contributed by atoms with Gasteiger partial charge in [0.15, 0.2) is 11.6 Å². The summed E-state index contributed by atoms with van der Waals surface area (Å²) in [5, 5.41) is 9.17. The zero-order valence-corrected chi connectivity index (χ0v) is 24.3. The lowest BCUT2D eigenvalue weighted by Crippen LogP contribution is -2.54. The Hall–Kier alpha value is -3.73. The van der Waals surface area contributed by atoms with Crippen molar-refractivity contribution < 1.29 is 23.8 Å². The molecule has 0 bridgehead atoms. The molecule has 1 amide bonds. The Morgan fingerprint density at radius 3 is 2.62 bits per heavy atom. The number of aliphatic hydroxyl groups excluding tert-OH is 1. The number of carbonyl (C=O) groups excluding carboxylic acids is 2. The van der Waals surface area contributed by atoms with E-state index < -0.39 is 12.4 Å². The van der Waals surface area contributed by atoms with E-state index in [4.69, 9.17) is 9.72 Å². The maximum absolute atomic E-state index is 14.9. The second-order valence-corrected chi connectivity index (χ2v) is 12.3. The fourth-order valence-corrected chi connectivity index (χ4v) is 6.52. The summed E-state index contributed by atoms with van der Waals surface area (Å²) in [6.07, 6.45) is 6.58. The highest BCUT2D eigenvalue weighted by atomic mass is 32.1. The molecule has 3 aromatic heterocycles. The van der Waals surface area contributed by atoms with E-state index in [1.54, 1.807) is 29.3 Å². The number of hydrogen-bond acceptors (Lipinski definition) is 8. The van der Waals surface area contributed by atoms with Crippen molar-refractivity contribution in [3.8, 4) is 22.1 Å². The molecule has 8 nitrogen and oxygen atoms in total. The van der Waals surface area contributed by atoms with Gasteiger partial charge in [-0.25, -0.2) is 4.39 Å². The molecule has 1 aromatic carbocycles. The van der Waals surface area contributed by atoms with E-state index in [2.05, 4.69) is 16.0 Å².